The molecular formula is C17H20FNO2S. The van der Waals surface area contributed by atoms with Crippen LogP contribution in [0.25, 0.3) is 10.6 Å². The standard InChI is InChI=1S/C17H20FNO2S/c1-11-15(21-13-5-3-2-4-6-13)8-7-14(19-11)17-12(10-20)9-16(18)22-17/h7-9,13,20H,2-6,10H2,1H3. The lowest BCUT2D eigenvalue weighted by molar-refractivity contribution is 0.153. The van der Waals surface area contributed by atoms with Crippen LogP contribution >= 0.6 is 11.3 Å². The van der Waals surface area contributed by atoms with Crippen LogP contribution in [-0.2, 0) is 6.61 Å². The van der Waals surface area contributed by atoms with E-state index < -0.39 is 0 Å². The van der Waals surface area contributed by atoms with Crippen molar-refractivity contribution in [1.82, 2.24) is 4.98 Å². The Labute approximate surface area is 133 Å². The van der Waals surface area contributed by atoms with Gasteiger partial charge in [0, 0.05) is 5.56 Å². The topological polar surface area (TPSA) is 42.4 Å². The van der Waals surface area contributed by atoms with Crippen LogP contribution in [0.3, 0.4) is 0 Å². The molecular weight excluding hydrogens is 301 g/mol. The molecule has 1 N–H and O–H groups in total. The SMILES string of the molecule is Cc1nc(-c2sc(F)cc2CO)ccc1OC1CCCCC1. The van der Waals surface area contributed by atoms with Gasteiger partial charge in [0.2, 0.25) is 0 Å². The Morgan fingerprint density at radius 1 is 1.32 bits per heavy atom. The molecule has 3 nitrogen and oxygen atoms in total. The van der Waals surface area contributed by atoms with Crippen molar-refractivity contribution in [3.8, 4) is 16.3 Å². The lowest BCUT2D eigenvalue weighted by atomic mass is 9.98. The van der Waals surface area contributed by atoms with E-state index in [4.69, 9.17) is 4.74 Å². The number of aromatic nitrogens is 1. The van der Waals surface area contributed by atoms with Gasteiger partial charge in [-0.25, -0.2) is 4.98 Å². The number of halogens is 1. The lowest BCUT2D eigenvalue weighted by Gasteiger charge is -2.23. The molecule has 5 heteroatoms. The molecule has 1 aliphatic rings. The van der Waals surface area contributed by atoms with Crippen molar-refractivity contribution in [2.45, 2.75) is 51.7 Å². The van der Waals surface area contributed by atoms with Gasteiger partial charge in [-0.2, -0.15) is 4.39 Å². The van der Waals surface area contributed by atoms with Crippen LogP contribution in [0.1, 0.15) is 43.4 Å². The van der Waals surface area contributed by atoms with E-state index in [1.54, 1.807) is 0 Å². The number of rotatable bonds is 4. The van der Waals surface area contributed by atoms with Crippen molar-refractivity contribution in [3.05, 3.63) is 34.6 Å². The van der Waals surface area contributed by atoms with Gasteiger partial charge in [0.05, 0.1) is 29.0 Å². The van der Waals surface area contributed by atoms with E-state index >= 15 is 0 Å². The van der Waals surface area contributed by atoms with E-state index in [-0.39, 0.29) is 17.8 Å². The fourth-order valence-electron chi connectivity index (χ4n) is 2.89. The van der Waals surface area contributed by atoms with Gasteiger partial charge in [-0.15, -0.1) is 11.3 Å². The molecule has 2 aromatic heterocycles. The largest absolute Gasteiger partial charge is 0.489 e. The van der Waals surface area contributed by atoms with Gasteiger partial charge < -0.3 is 9.84 Å². The van der Waals surface area contributed by atoms with Crippen molar-refractivity contribution in [3.63, 3.8) is 0 Å². The monoisotopic (exact) mass is 321 g/mol. The molecule has 2 aromatic rings. The first-order chi connectivity index (χ1) is 10.7. The van der Waals surface area contributed by atoms with Crippen LogP contribution in [0.15, 0.2) is 18.2 Å². The van der Waals surface area contributed by atoms with E-state index in [0.29, 0.717) is 16.1 Å². The summed E-state index contributed by atoms with van der Waals surface area (Å²) in [6, 6.07) is 5.12. The van der Waals surface area contributed by atoms with Crippen molar-refractivity contribution >= 4 is 11.3 Å². The predicted molar refractivity (Wildman–Crippen MR) is 85.7 cm³/mol. The maximum absolute atomic E-state index is 13.4. The first kappa shape index (κ1) is 15.4. The number of hydrogen-bond acceptors (Lipinski definition) is 4. The molecule has 118 valence electrons. The molecule has 3 rings (SSSR count). The summed E-state index contributed by atoms with van der Waals surface area (Å²) >= 11 is 1.01. The fourth-order valence-corrected chi connectivity index (χ4v) is 3.76. The van der Waals surface area contributed by atoms with E-state index in [2.05, 4.69) is 4.98 Å². The van der Waals surface area contributed by atoms with Gasteiger partial charge in [-0.1, -0.05) is 6.42 Å². The van der Waals surface area contributed by atoms with Crippen molar-refractivity contribution < 1.29 is 14.2 Å². The van der Waals surface area contributed by atoms with Crippen LogP contribution in [0, 0.1) is 12.1 Å². The molecule has 0 saturated heterocycles. The maximum Gasteiger partial charge on any atom is 0.177 e. The van der Waals surface area contributed by atoms with Crippen LogP contribution in [0.2, 0.25) is 0 Å². The Hall–Kier alpha value is -1.46. The molecule has 1 fully saturated rings. The molecule has 0 unspecified atom stereocenters. The van der Waals surface area contributed by atoms with Gasteiger partial charge in [0.15, 0.2) is 5.13 Å². The average Bonchev–Trinajstić information content (AvgIpc) is 2.91. The van der Waals surface area contributed by atoms with Crippen molar-refractivity contribution in [2.75, 3.05) is 0 Å². The number of pyridine rings is 1. The van der Waals surface area contributed by atoms with Gasteiger partial charge in [-0.05, 0) is 50.8 Å². The summed E-state index contributed by atoms with van der Waals surface area (Å²) in [7, 11) is 0. The highest BCUT2D eigenvalue weighted by Crippen LogP contribution is 2.33. The number of hydrogen-bond donors (Lipinski definition) is 1. The molecule has 1 saturated carbocycles. The highest BCUT2D eigenvalue weighted by atomic mass is 32.1. The van der Waals surface area contributed by atoms with E-state index in [9.17, 15) is 9.50 Å². The highest BCUT2D eigenvalue weighted by molar-refractivity contribution is 7.14. The molecule has 0 bridgehead atoms. The Balaban J connectivity index is 1.82. The molecule has 22 heavy (non-hydrogen) atoms. The third kappa shape index (κ3) is 3.31. The number of aliphatic hydroxyl groups excluding tert-OH is 1. The van der Waals surface area contributed by atoms with Gasteiger partial charge in [-0.3, -0.25) is 0 Å². The fraction of sp³-hybridized carbons (Fsp3) is 0.471. The second kappa shape index (κ2) is 6.75. The number of ether oxygens (including phenoxy) is 1. The number of aliphatic hydroxyl groups is 1. The minimum absolute atomic E-state index is 0.184. The highest BCUT2D eigenvalue weighted by Gasteiger charge is 2.17. The summed E-state index contributed by atoms with van der Waals surface area (Å²) in [5.41, 5.74) is 2.07. The van der Waals surface area contributed by atoms with E-state index in [1.165, 1.54) is 25.3 Å². The Morgan fingerprint density at radius 3 is 2.77 bits per heavy atom. The third-order valence-corrected chi connectivity index (χ3v) is 5.05. The molecule has 0 aliphatic heterocycles. The first-order valence-electron chi connectivity index (χ1n) is 7.71. The zero-order chi connectivity index (χ0) is 15.5. The van der Waals surface area contributed by atoms with Gasteiger partial charge in [0.25, 0.3) is 0 Å². The summed E-state index contributed by atoms with van der Waals surface area (Å²) in [6.45, 7) is 1.72. The van der Waals surface area contributed by atoms with Crippen LogP contribution in [0.5, 0.6) is 5.75 Å². The normalized spacial score (nSPS) is 16.0. The predicted octanol–water partition coefficient (Wildman–Crippen LogP) is 4.46. The number of thiophene rings is 1. The zero-order valence-corrected chi connectivity index (χ0v) is 13.5. The molecule has 0 amide bonds. The minimum Gasteiger partial charge on any atom is -0.489 e. The van der Waals surface area contributed by atoms with Crippen LogP contribution in [-0.4, -0.2) is 16.2 Å². The van der Waals surface area contributed by atoms with Gasteiger partial charge in [0.1, 0.15) is 5.75 Å². The van der Waals surface area contributed by atoms with E-state index in [0.717, 1.165) is 35.6 Å². The maximum atomic E-state index is 13.4. The van der Waals surface area contributed by atoms with Crippen molar-refractivity contribution in [2.24, 2.45) is 0 Å². The van der Waals surface area contributed by atoms with E-state index in [1.807, 2.05) is 19.1 Å². The Bertz CT molecular complexity index is 650. The molecule has 2 heterocycles. The molecule has 0 radical (unpaired) electrons. The molecule has 1 aliphatic carbocycles. The average molecular weight is 321 g/mol. The third-order valence-electron chi connectivity index (χ3n) is 4.07. The molecule has 0 atom stereocenters. The minimum atomic E-state index is -0.305. The quantitative estimate of drug-likeness (QED) is 0.904. The second-order valence-electron chi connectivity index (χ2n) is 5.72. The van der Waals surface area contributed by atoms with Gasteiger partial charge >= 0.3 is 0 Å². The smallest absolute Gasteiger partial charge is 0.177 e. The Morgan fingerprint density at radius 2 is 2.09 bits per heavy atom. The second-order valence-corrected chi connectivity index (χ2v) is 6.72. The van der Waals surface area contributed by atoms with Crippen LogP contribution in [0.4, 0.5) is 4.39 Å². The molecule has 0 spiro atoms. The Kier molecular flexibility index (Phi) is 4.74. The lowest BCUT2D eigenvalue weighted by Crippen LogP contribution is -2.20. The summed E-state index contributed by atoms with van der Waals surface area (Å²) < 4.78 is 19.5. The summed E-state index contributed by atoms with van der Waals surface area (Å²) in [6.07, 6.45) is 6.24. The summed E-state index contributed by atoms with van der Waals surface area (Å²) in [5.74, 6) is 0.804. The molecule has 0 aromatic carbocycles. The summed E-state index contributed by atoms with van der Waals surface area (Å²) in [4.78, 5) is 5.23. The summed E-state index contributed by atoms with van der Waals surface area (Å²) in [5, 5.41) is 9.02. The first-order valence-corrected chi connectivity index (χ1v) is 8.53. The number of nitrogens with zero attached hydrogens (tertiary/aromatic N) is 1. The zero-order valence-electron chi connectivity index (χ0n) is 12.6. The van der Waals surface area contributed by atoms with Crippen LogP contribution < -0.4 is 4.74 Å². The van der Waals surface area contributed by atoms with Crippen molar-refractivity contribution in [1.29, 1.82) is 0 Å². The number of aryl methyl sites for hydroxylation is 1.